The molecule has 6 aliphatic rings. The van der Waals surface area contributed by atoms with E-state index in [-0.39, 0.29) is 12.3 Å². The van der Waals surface area contributed by atoms with E-state index in [0.29, 0.717) is 12.8 Å². The number of allylic oxidation sites excluding steroid dienone is 1. The van der Waals surface area contributed by atoms with E-state index >= 15 is 0 Å². The average molecular weight is 1540 g/mol. The Hall–Kier alpha value is -2.52. The van der Waals surface area contributed by atoms with E-state index in [9.17, 15) is 102 Å². The van der Waals surface area contributed by atoms with Gasteiger partial charge in [-0.3, -0.25) is 9.59 Å². The molecule has 6 saturated heterocycles. The molecule has 0 radical (unpaired) electrons. The van der Waals surface area contributed by atoms with Gasteiger partial charge in [-0.1, -0.05) is 167 Å². The molecule has 6 heterocycles. The molecule has 6 fully saturated rings. The van der Waals surface area contributed by atoms with Gasteiger partial charge in [0.15, 0.2) is 37.7 Å². The quantitative estimate of drug-likeness (QED) is 0.0225. The van der Waals surface area contributed by atoms with Crippen LogP contribution in [-0.2, 0) is 66.4 Å². The second kappa shape index (κ2) is 48.5. The van der Waals surface area contributed by atoms with Crippen LogP contribution in [0, 0.1) is 0 Å². The molecule has 0 spiro atoms. The predicted molar refractivity (Wildman–Crippen MR) is 372 cm³/mol. The maximum absolute atomic E-state index is 13.5. The van der Waals surface area contributed by atoms with Crippen molar-refractivity contribution in [3.05, 3.63) is 12.2 Å². The molecule has 0 aromatic heterocycles. The highest BCUT2D eigenvalue weighted by molar-refractivity contribution is 5.76. The van der Waals surface area contributed by atoms with E-state index in [1.807, 2.05) is 6.08 Å². The van der Waals surface area contributed by atoms with Crippen LogP contribution in [0.15, 0.2) is 12.2 Å². The molecule has 0 bridgehead atoms. The number of aliphatic hydroxyl groups excluding tert-OH is 18. The standard InChI is InChI=1S/C72H130N2O32/c1-5-7-9-11-13-15-17-19-21-23-25-27-29-31-42(81)41(74-48(82)32-30-28-26-24-22-20-18-16-14-12-10-8-6-2)38-95-68-60(93)56(89)63(46(36-78)100-68)103-71-61(94)57(90)62(47(37-79)101-71)102-67-49(73-40(4)80)64(52(85)44(34-76)97-67)104-72-66(106-69-58(91)54(87)50(83)39(3)96-69)65(53(86)45(35-77)99-72)105-70-59(92)55(88)51(84)43(33-75)98-70/h29,31,39,41-47,49-72,75-79,81,83-94H,5-28,30,32-38H2,1-4H3,(H,73,80)(H,74,82)/b31-29+/t39?,41-,42+,43?,44?,45?,46?,47?,49?,50+,51-,52-,53-,54?,55-,56+,57+,58-,59?,60?,61?,62-,63+,64+,65-,66?,67-,68+,69+,70+,71-,72-/m0/s1. The SMILES string of the molecule is CCCCCCCCCCCCC/C=C/[C@@H](O)[C@H](CO[C@@H]1OC(CO)[C@@H](O[C@@H]2OC(CO)[C@H](O[C@@H]3OC(CO)[C@H](O)[C@H](O[C@@H]4OC(CO)[C@H](O)[C@H](O[C@H]5OC(CO)[C@H](O)[C@H](O)C5O)C4O[C@H]4OC(C)[C@@H](O)C(O)[C@@H]4O)C3NC(C)=O)[C@H](O)C2O)[C@H](O)C1O)NC(=O)CCCCCCCCCCCCCCC. The normalized spacial score (nSPS) is 38.7. The number of nitrogens with one attached hydrogen (secondary N) is 2. The zero-order valence-electron chi connectivity index (χ0n) is 62.0. The summed E-state index contributed by atoms with van der Waals surface area (Å²) in [6.45, 7) is 1.24. The molecule has 0 aliphatic carbocycles. The number of amides is 2. The fourth-order valence-corrected chi connectivity index (χ4v) is 14.3. The summed E-state index contributed by atoms with van der Waals surface area (Å²) < 4.78 is 71.6. The van der Waals surface area contributed by atoms with Crippen LogP contribution in [-0.4, -0.2) is 340 Å². The van der Waals surface area contributed by atoms with E-state index in [2.05, 4.69) is 24.5 Å². The Balaban J connectivity index is 1.13. The minimum Gasteiger partial charge on any atom is -0.394 e. The van der Waals surface area contributed by atoms with Crippen LogP contribution >= 0.6 is 0 Å². The molecule has 6 aliphatic heterocycles. The molecule has 0 saturated carbocycles. The summed E-state index contributed by atoms with van der Waals surface area (Å²) >= 11 is 0. The van der Waals surface area contributed by atoms with Gasteiger partial charge in [-0.25, -0.2) is 0 Å². The van der Waals surface area contributed by atoms with Gasteiger partial charge >= 0.3 is 0 Å². The molecule has 0 aromatic carbocycles. The van der Waals surface area contributed by atoms with Gasteiger partial charge < -0.3 is 159 Å². The van der Waals surface area contributed by atoms with Crippen molar-refractivity contribution in [3.8, 4) is 0 Å². The first-order valence-electron chi connectivity index (χ1n) is 38.8. The number of carbonyl (C=O) groups is 2. The molecule has 106 heavy (non-hydrogen) atoms. The number of carbonyl (C=O) groups excluding carboxylic acids is 2. The van der Waals surface area contributed by atoms with Gasteiger partial charge in [0.1, 0.15) is 140 Å². The van der Waals surface area contributed by atoms with Gasteiger partial charge in [-0.2, -0.15) is 0 Å². The minimum absolute atomic E-state index is 0.180. The van der Waals surface area contributed by atoms with E-state index in [0.717, 1.165) is 58.3 Å². The highest BCUT2D eigenvalue weighted by Crippen LogP contribution is 2.39. The Labute approximate surface area is 621 Å². The Morgan fingerprint density at radius 2 is 0.755 bits per heavy atom. The predicted octanol–water partition coefficient (Wildman–Crippen LogP) is -2.32. The fraction of sp³-hybridized carbons (Fsp3) is 0.944. The summed E-state index contributed by atoms with van der Waals surface area (Å²) in [5.41, 5.74) is 0. The Morgan fingerprint density at radius 3 is 1.25 bits per heavy atom. The molecule has 620 valence electrons. The monoisotopic (exact) mass is 1530 g/mol. The number of rotatable bonds is 48. The third-order valence-corrected chi connectivity index (χ3v) is 20.8. The fourth-order valence-electron chi connectivity index (χ4n) is 14.3. The lowest BCUT2D eigenvalue weighted by molar-refractivity contribution is -0.404. The number of hydrogen-bond donors (Lipinski definition) is 20. The first-order chi connectivity index (χ1) is 50.9. The van der Waals surface area contributed by atoms with Crippen molar-refractivity contribution in [3.63, 3.8) is 0 Å². The molecular formula is C72H130N2O32. The zero-order valence-corrected chi connectivity index (χ0v) is 62.0. The summed E-state index contributed by atoms with van der Waals surface area (Å²) in [5.74, 6) is -1.23. The van der Waals surface area contributed by atoms with Crippen LogP contribution < -0.4 is 10.6 Å². The van der Waals surface area contributed by atoms with Gasteiger partial charge in [0.2, 0.25) is 11.8 Å². The van der Waals surface area contributed by atoms with Crippen LogP contribution in [0.4, 0.5) is 0 Å². The van der Waals surface area contributed by atoms with Crippen LogP contribution in [0.1, 0.15) is 195 Å². The van der Waals surface area contributed by atoms with E-state index in [4.69, 9.17) is 56.8 Å². The van der Waals surface area contributed by atoms with Crippen molar-refractivity contribution >= 4 is 11.8 Å². The van der Waals surface area contributed by atoms with Gasteiger partial charge in [0.05, 0.1) is 57.9 Å². The van der Waals surface area contributed by atoms with Crippen molar-refractivity contribution in [2.45, 2.75) is 391 Å². The van der Waals surface area contributed by atoms with E-state index < -0.39 is 242 Å². The average Bonchev–Trinajstić information content (AvgIpc) is 0.754. The second-order valence-corrected chi connectivity index (χ2v) is 29.2. The van der Waals surface area contributed by atoms with Crippen LogP contribution in [0.3, 0.4) is 0 Å². The molecule has 12 unspecified atom stereocenters. The molecule has 20 N–H and O–H groups in total. The van der Waals surface area contributed by atoms with Crippen molar-refractivity contribution in [1.29, 1.82) is 0 Å². The number of unbranched alkanes of at least 4 members (excludes halogenated alkanes) is 23. The van der Waals surface area contributed by atoms with Crippen molar-refractivity contribution in [1.82, 2.24) is 10.6 Å². The smallest absolute Gasteiger partial charge is 0.220 e. The Morgan fingerprint density at radius 1 is 0.387 bits per heavy atom. The zero-order chi connectivity index (χ0) is 77.6. The van der Waals surface area contributed by atoms with Crippen molar-refractivity contribution in [2.75, 3.05) is 39.6 Å². The third kappa shape index (κ3) is 27.1. The van der Waals surface area contributed by atoms with Gasteiger partial charge in [0, 0.05) is 13.3 Å². The molecular weight excluding hydrogens is 1400 g/mol. The summed E-state index contributed by atoms with van der Waals surface area (Å²) in [4.78, 5) is 26.7. The summed E-state index contributed by atoms with van der Waals surface area (Å²) in [7, 11) is 0. The number of hydrogen-bond acceptors (Lipinski definition) is 32. The highest BCUT2D eigenvalue weighted by atomic mass is 16.8. The van der Waals surface area contributed by atoms with Crippen molar-refractivity contribution in [2.24, 2.45) is 0 Å². The first-order valence-corrected chi connectivity index (χ1v) is 38.8. The van der Waals surface area contributed by atoms with E-state index in [1.54, 1.807) is 6.08 Å². The van der Waals surface area contributed by atoms with Crippen LogP contribution in [0.5, 0.6) is 0 Å². The highest BCUT2D eigenvalue weighted by Gasteiger charge is 2.59. The summed E-state index contributed by atoms with van der Waals surface area (Å²) in [6, 6.07) is -2.91. The lowest BCUT2D eigenvalue weighted by atomic mass is 9.94. The second-order valence-electron chi connectivity index (χ2n) is 29.2. The number of ether oxygens (including phenoxy) is 12. The van der Waals surface area contributed by atoms with Gasteiger partial charge in [-0.15, -0.1) is 0 Å². The van der Waals surface area contributed by atoms with Gasteiger partial charge in [0.25, 0.3) is 0 Å². The van der Waals surface area contributed by atoms with Crippen molar-refractivity contribution < 1.29 is 158 Å². The lowest BCUT2D eigenvalue weighted by Gasteiger charge is -2.51. The summed E-state index contributed by atoms with van der Waals surface area (Å²) in [5, 5.41) is 205. The van der Waals surface area contributed by atoms with Crippen LogP contribution in [0.2, 0.25) is 0 Å². The molecule has 34 nitrogen and oxygen atoms in total. The first kappa shape index (κ1) is 92.3. The third-order valence-electron chi connectivity index (χ3n) is 20.8. The molecule has 6 rings (SSSR count). The molecule has 32 atom stereocenters. The molecule has 0 aromatic rings. The maximum atomic E-state index is 13.5. The largest absolute Gasteiger partial charge is 0.394 e. The number of aliphatic hydroxyl groups is 18. The Kier molecular flexibility index (Phi) is 42.3. The molecule has 2 amide bonds. The van der Waals surface area contributed by atoms with Crippen LogP contribution in [0.25, 0.3) is 0 Å². The lowest BCUT2D eigenvalue weighted by Crippen LogP contribution is -2.71. The molecule has 34 heteroatoms. The van der Waals surface area contributed by atoms with E-state index in [1.165, 1.54) is 103 Å². The maximum Gasteiger partial charge on any atom is 0.220 e. The van der Waals surface area contributed by atoms with Gasteiger partial charge in [-0.05, 0) is 26.2 Å². The summed E-state index contributed by atoms with van der Waals surface area (Å²) in [6.07, 6.45) is -25.4. The minimum atomic E-state index is -2.22. The topological polar surface area (TPSA) is 533 Å². The Bertz CT molecular complexity index is 2410.